The molecule has 2 aromatic heterocycles. The summed E-state index contributed by atoms with van der Waals surface area (Å²) in [6.45, 7) is -1.38. The Morgan fingerprint density at radius 1 is 0.938 bits per heavy atom. The van der Waals surface area contributed by atoms with Crippen molar-refractivity contribution in [3.05, 3.63) is 105 Å². The lowest BCUT2D eigenvalue weighted by Gasteiger charge is -2.55. The van der Waals surface area contributed by atoms with Gasteiger partial charge in [0.1, 0.15) is 52.8 Å². The van der Waals surface area contributed by atoms with Crippen molar-refractivity contribution in [3.8, 4) is 46.2 Å². The Labute approximate surface area is 458 Å². The van der Waals surface area contributed by atoms with Gasteiger partial charge < -0.3 is 105 Å². The number of piperidine rings is 1. The molecule has 25 nitrogen and oxygen atoms in total. The fourth-order valence-electron chi connectivity index (χ4n) is 12.7. The molecule has 25 heteroatoms. The molecule has 2 spiro atoms. The minimum atomic E-state index is -4.04. The Balaban J connectivity index is 1.16. The van der Waals surface area contributed by atoms with Crippen LogP contribution in [0.2, 0.25) is 0 Å². The van der Waals surface area contributed by atoms with Crippen molar-refractivity contribution in [3.63, 3.8) is 0 Å². The van der Waals surface area contributed by atoms with Crippen molar-refractivity contribution in [2.45, 2.75) is 135 Å². The van der Waals surface area contributed by atoms with Crippen LogP contribution in [0.1, 0.15) is 67.7 Å². The van der Waals surface area contributed by atoms with E-state index in [1.54, 1.807) is 24.5 Å². The molecule has 6 aliphatic heterocycles. The van der Waals surface area contributed by atoms with Crippen LogP contribution in [0.4, 0.5) is 0 Å². The molecular formula is C56H59N3O22. The van der Waals surface area contributed by atoms with Gasteiger partial charge in [-0.15, -0.1) is 0 Å². The highest BCUT2D eigenvalue weighted by molar-refractivity contribution is 5.90. The topological polar surface area (TPSA) is 421 Å². The first kappa shape index (κ1) is 55.7. The molecule has 1 saturated carbocycles. The monoisotopic (exact) mass is 1130 g/mol. The molecule has 0 radical (unpaired) electrons. The minimum absolute atomic E-state index is 0.0348. The number of fused-ring (bicyclic) bond motifs is 8. The predicted molar refractivity (Wildman–Crippen MR) is 274 cm³/mol. The summed E-state index contributed by atoms with van der Waals surface area (Å²) < 4.78 is 31.6. The number of rotatable bonds is 12. The molecule has 2 aromatic carbocycles. The Kier molecular flexibility index (Phi) is 14.0. The van der Waals surface area contributed by atoms with Gasteiger partial charge in [-0.2, -0.15) is 0 Å². The summed E-state index contributed by atoms with van der Waals surface area (Å²) in [5.74, 6) is -15.4. The molecule has 14 atom stereocenters. The lowest BCUT2D eigenvalue weighted by atomic mass is 9.74. The maximum Gasteiger partial charge on any atom is 0.354 e. The Morgan fingerprint density at radius 3 is 2.44 bits per heavy atom. The van der Waals surface area contributed by atoms with Crippen molar-refractivity contribution in [1.82, 2.24) is 15.6 Å². The first-order valence-corrected chi connectivity index (χ1v) is 26.3. The number of aromatic amines is 1. The van der Waals surface area contributed by atoms with Crippen LogP contribution in [0, 0.1) is 23.7 Å². The third-order valence-electron chi connectivity index (χ3n) is 16.9. The number of H-pyrrole nitrogens is 1. The minimum Gasteiger partial charge on any atom is -0.507 e. The van der Waals surface area contributed by atoms with E-state index in [1.807, 2.05) is 12.0 Å². The summed E-state index contributed by atoms with van der Waals surface area (Å²) in [5, 5.41) is 155. The number of phenolic OH excluding ortho intramolecular Hbond substituents is 3. The summed E-state index contributed by atoms with van der Waals surface area (Å²) in [6, 6.07) is 8.09. The zero-order chi connectivity index (χ0) is 57.7. The van der Waals surface area contributed by atoms with Crippen molar-refractivity contribution >= 4 is 29.2 Å². The number of nitrogens with one attached hydrogen (secondary N) is 3. The van der Waals surface area contributed by atoms with E-state index >= 15 is 4.79 Å². The molecule has 7 aliphatic rings. The fourth-order valence-corrected chi connectivity index (χ4v) is 12.7. The lowest BCUT2D eigenvalue weighted by molar-refractivity contribution is -0.432. The first-order chi connectivity index (χ1) is 38.6. The molecule has 16 N–H and O–H groups in total. The van der Waals surface area contributed by atoms with E-state index in [-0.39, 0.29) is 59.0 Å². The second-order valence-electron chi connectivity index (χ2n) is 21.8. The van der Waals surface area contributed by atoms with E-state index in [4.69, 9.17) is 23.4 Å². The fraction of sp³-hybridized carbons (Fsp3) is 0.464. The number of aliphatic hydroxyl groups is 9. The number of carbonyl (C=O) groups excluding carboxylic acids is 2. The SMILES string of the molecule is O=CC[C@@H](CO)C[C@]12OC(=O)[C@@]3(CC#C[C@](C(=O)O)(O1)C(O)(O)[C@H](O)[C@H]2O)O[C@]1(Oc2cc4oc(-c5cc(O)c(O)c(CCO)c5)cc(=O)c4c(O)c2[C@H](C2=CNC4N[C@@H]5CCC[C@@H](C5)C4=C2)C=C1Cc1ccc[nH]1)[C@H](O)[C@@H](O)[C@@H]3O. The van der Waals surface area contributed by atoms with Crippen molar-refractivity contribution in [2.24, 2.45) is 11.8 Å². The Bertz CT molecular complexity index is 3430. The number of benzene rings is 2. The van der Waals surface area contributed by atoms with E-state index in [0.29, 0.717) is 17.6 Å². The number of aromatic hydroxyl groups is 3. The van der Waals surface area contributed by atoms with Gasteiger partial charge in [0.25, 0.3) is 11.4 Å². The predicted octanol–water partition coefficient (Wildman–Crippen LogP) is -0.975. The number of allylic oxidation sites excluding steroid dienone is 3. The summed E-state index contributed by atoms with van der Waals surface area (Å²) in [6.07, 6.45) is -6.81. The van der Waals surface area contributed by atoms with E-state index < -0.39 is 155 Å². The highest BCUT2D eigenvalue weighted by Crippen LogP contribution is 2.56. The number of aromatic nitrogens is 1. The summed E-state index contributed by atoms with van der Waals surface area (Å²) >= 11 is 0. The second-order valence-corrected chi connectivity index (χ2v) is 21.8. The third kappa shape index (κ3) is 8.71. The molecule has 4 aromatic rings. The number of ether oxygens (including phenoxy) is 4. The molecule has 4 fully saturated rings. The van der Waals surface area contributed by atoms with Gasteiger partial charge in [0.15, 0.2) is 29.1 Å². The van der Waals surface area contributed by atoms with E-state index in [9.17, 15) is 80.8 Å². The number of carboxylic acids is 1. The van der Waals surface area contributed by atoms with Gasteiger partial charge in [-0.1, -0.05) is 24.5 Å². The maximum atomic E-state index is 15.5. The van der Waals surface area contributed by atoms with Crippen LogP contribution in [0.15, 0.2) is 86.9 Å². The van der Waals surface area contributed by atoms with E-state index in [1.165, 1.54) is 12.1 Å². The van der Waals surface area contributed by atoms with Crippen LogP contribution in [0.25, 0.3) is 22.3 Å². The van der Waals surface area contributed by atoms with Gasteiger partial charge in [-0.3, -0.25) is 10.1 Å². The third-order valence-corrected chi connectivity index (χ3v) is 16.9. The maximum absolute atomic E-state index is 15.5. The number of hydrogen-bond acceptors (Lipinski definition) is 23. The number of carboxylic acid groups (broad SMARTS) is 1. The van der Waals surface area contributed by atoms with Crippen LogP contribution in [0.5, 0.6) is 23.0 Å². The van der Waals surface area contributed by atoms with E-state index in [2.05, 4.69) is 21.5 Å². The van der Waals surface area contributed by atoms with Crippen LogP contribution in [-0.4, -0.2) is 174 Å². The lowest BCUT2D eigenvalue weighted by Crippen LogP contribution is -2.79. The standard InChI is InChI=1S/C56H59N3O22/c60-12-7-25(24-62)22-54-47(70)48(71)56(75,76)53(81-54,50(72)73)10-3-9-52(51(74)79-54)45(68)44(67)46(69)55(80-52)30(18-31-6-2-11-57-31)19-33(29-16-34-26-4-1-5-32(15-26)59-49(34)58-23-29)40-39(78-55)21-38-41(43(40)66)35(63)20-37(77-38)28-14-27(8-13-61)42(65)36(64)17-28/h2,6,11-12,14,16-17,19-21,23,25-26,32-33,44-49,57-59,61-62,64-71,75-76H,1,4-5,7-9,13,15,18,22,24H2,(H,72,73)/t25-,26+,32-,33+,44+,45+,46-,47-,48-,49?,52+,53-,54+,55+/m1/s1. The normalized spacial score (nSPS) is 34.2. The smallest absolute Gasteiger partial charge is 0.354 e. The average molecular weight is 1130 g/mol. The number of dihydropyridines is 1. The molecule has 3 saturated heterocycles. The van der Waals surface area contributed by atoms with Crippen molar-refractivity contribution in [1.29, 1.82) is 0 Å². The van der Waals surface area contributed by atoms with E-state index in [0.717, 1.165) is 49.5 Å². The summed E-state index contributed by atoms with van der Waals surface area (Å²) in [7, 11) is 0. The highest BCUT2D eigenvalue weighted by atomic mass is 16.8. The van der Waals surface area contributed by atoms with Crippen LogP contribution in [0.3, 0.4) is 0 Å². The molecule has 430 valence electrons. The molecule has 4 bridgehead atoms. The summed E-state index contributed by atoms with van der Waals surface area (Å²) in [4.78, 5) is 58.2. The van der Waals surface area contributed by atoms with Gasteiger partial charge in [-0.05, 0) is 78.9 Å². The molecule has 0 amide bonds. The Morgan fingerprint density at radius 2 is 1.73 bits per heavy atom. The molecule has 11 rings (SSSR count). The summed E-state index contributed by atoms with van der Waals surface area (Å²) in [5.41, 5.74) is -6.69. The van der Waals surface area contributed by atoms with Gasteiger partial charge in [0, 0.05) is 96.9 Å². The van der Waals surface area contributed by atoms with Gasteiger partial charge in [0.05, 0.1) is 12.6 Å². The van der Waals surface area contributed by atoms with Gasteiger partial charge >= 0.3 is 11.9 Å². The van der Waals surface area contributed by atoms with Crippen molar-refractivity contribution < 1.29 is 104 Å². The van der Waals surface area contributed by atoms with Crippen LogP contribution < -0.4 is 20.8 Å². The number of carbonyl (C=O) groups is 3. The van der Waals surface area contributed by atoms with Gasteiger partial charge in [0.2, 0.25) is 17.2 Å². The molecular weight excluding hydrogens is 1070 g/mol. The molecule has 81 heavy (non-hydrogen) atoms. The first-order valence-electron chi connectivity index (χ1n) is 26.3. The number of aliphatic carboxylic acids is 1. The second kappa shape index (κ2) is 20.4. The quantitative estimate of drug-likeness (QED) is 0.0203. The Hall–Kier alpha value is -7.16. The number of aliphatic hydroxyl groups excluding tert-OH is 7. The average Bonchev–Trinajstić information content (AvgIpc) is 4.20. The number of phenols is 3. The zero-order valence-electron chi connectivity index (χ0n) is 42.9. The molecule has 8 heterocycles. The van der Waals surface area contributed by atoms with Crippen molar-refractivity contribution in [2.75, 3.05) is 13.2 Å². The van der Waals surface area contributed by atoms with Crippen LogP contribution in [-0.2, 0) is 41.4 Å². The highest BCUT2D eigenvalue weighted by Gasteiger charge is 2.76. The number of hydrogen-bond donors (Lipinski definition) is 16. The zero-order valence-corrected chi connectivity index (χ0v) is 42.9. The molecule has 1 aliphatic carbocycles. The largest absolute Gasteiger partial charge is 0.507 e. The number of esters is 1. The number of aldehydes is 1. The van der Waals surface area contributed by atoms with Crippen LogP contribution >= 0.6 is 0 Å². The molecule has 1 unspecified atom stereocenters. The van der Waals surface area contributed by atoms with Gasteiger partial charge in [-0.25, -0.2) is 9.59 Å².